The van der Waals surface area contributed by atoms with E-state index in [2.05, 4.69) is 33.0 Å². The highest BCUT2D eigenvalue weighted by atomic mass is 32.1. The standard InChI is InChI=1S/C12H24N2OS/c1-9(8-12(2,3)4)7-11(15)14-6-5-10(13)16/h9H,5-8H2,1-4H3,(H2,13,16)(H,14,15). The number of hydrogen-bond acceptors (Lipinski definition) is 2. The molecule has 0 aromatic heterocycles. The molecule has 0 saturated heterocycles. The van der Waals surface area contributed by atoms with E-state index in [1.165, 1.54) is 0 Å². The predicted molar refractivity (Wildman–Crippen MR) is 72.3 cm³/mol. The van der Waals surface area contributed by atoms with Crippen molar-refractivity contribution < 1.29 is 4.79 Å². The number of hydrogen-bond donors (Lipinski definition) is 2. The third kappa shape index (κ3) is 9.90. The van der Waals surface area contributed by atoms with Crippen LogP contribution < -0.4 is 11.1 Å². The number of amides is 1. The molecule has 0 bridgehead atoms. The molecule has 0 heterocycles. The maximum atomic E-state index is 11.5. The molecule has 0 aromatic carbocycles. The highest BCUT2D eigenvalue weighted by Crippen LogP contribution is 2.25. The van der Waals surface area contributed by atoms with Crippen molar-refractivity contribution in [3.63, 3.8) is 0 Å². The van der Waals surface area contributed by atoms with E-state index in [9.17, 15) is 4.79 Å². The summed E-state index contributed by atoms with van der Waals surface area (Å²) in [5.41, 5.74) is 5.62. The average Bonchev–Trinajstić information content (AvgIpc) is 1.98. The maximum Gasteiger partial charge on any atom is 0.220 e. The Morgan fingerprint density at radius 3 is 2.44 bits per heavy atom. The molecule has 94 valence electrons. The lowest BCUT2D eigenvalue weighted by Crippen LogP contribution is -2.29. The van der Waals surface area contributed by atoms with Gasteiger partial charge in [0, 0.05) is 19.4 Å². The van der Waals surface area contributed by atoms with Gasteiger partial charge < -0.3 is 11.1 Å². The fraction of sp³-hybridized carbons (Fsp3) is 0.833. The fourth-order valence-corrected chi connectivity index (χ4v) is 1.93. The lowest BCUT2D eigenvalue weighted by Gasteiger charge is -2.22. The molecule has 4 heteroatoms. The summed E-state index contributed by atoms with van der Waals surface area (Å²) in [5, 5.41) is 2.82. The molecule has 1 atom stereocenters. The van der Waals surface area contributed by atoms with E-state index in [0.717, 1.165) is 6.42 Å². The summed E-state index contributed by atoms with van der Waals surface area (Å²) in [5.74, 6) is 0.498. The summed E-state index contributed by atoms with van der Waals surface area (Å²) < 4.78 is 0. The lowest BCUT2D eigenvalue weighted by molar-refractivity contribution is -0.122. The molecule has 0 fully saturated rings. The second-order valence-corrected chi connectivity index (χ2v) is 6.16. The van der Waals surface area contributed by atoms with Crippen molar-refractivity contribution in [2.75, 3.05) is 6.54 Å². The molecule has 0 aromatic rings. The molecule has 0 aliphatic rings. The normalized spacial score (nSPS) is 13.2. The van der Waals surface area contributed by atoms with Gasteiger partial charge in [-0.3, -0.25) is 4.79 Å². The van der Waals surface area contributed by atoms with E-state index < -0.39 is 0 Å². The Morgan fingerprint density at radius 2 is 2.00 bits per heavy atom. The monoisotopic (exact) mass is 244 g/mol. The number of carbonyl (C=O) groups is 1. The quantitative estimate of drug-likeness (QED) is 0.705. The van der Waals surface area contributed by atoms with E-state index >= 15 is 0 Å². The van der Waals surface area contributed by atoms with Gasteiger partial charge in [0.25, 0.3) is 0 Å². The van der Waals surface area contributed by atoms with E-state index in [1.807, 2.05) is 0 Å². The Kier molecular flexibility index (Phi) is 6.56. The van der Waals surface area contributed by atoms with Crippen molar-refractivity contribution in [2.45, 2.75) is 47.0 Å². The second kappa shape index (κ2) is 6.84. The van der Waals surface area contributed by atoms with Crippen LogP contribution in [0.4, 0.5) is 0 Å². The Hall–Kier alpha value is -0.640. The minimum Gasteiger partial charge on any atom is -0.393 e. The molecule has 3 N–H and O–H groups in total. The largest absolute Gasteiger partial charge is 0.393 e. The van der Waals surface area contributed by atoms with Gasteiger partial charge in [0.05, 0.1) is 4.99 Å². The zero-order valence-electron chi connectivity index (χ0n) is 10.8. The first kappa shape index (κ1) is 15.4. The molecule has 0 rings (SSSR count). The minimum atomic E-state index is 0.0907. The first-order valence-electron chi connectivity index (χ1n) is 5.75. The summed E-state index contributed by atoms with van der Waals surface area (Å²) in [4.78, 5) is 12.0. The number of rotatable bonds is 6. The summed E-state index contributed by atoms with van der Waals surface area (Å²) in [7, 11) is 0. The highest BCUT2D eigenvalue weighted by molar-refractivity contribution is 7.80. The Labute approximate surface area is 104 Å². The van der Waals surface area contributed by atoms with Crippen molar-refractivity contribution in [3.05, 3.63) is 0 Å². The summed E-state index contributed by atoms with van der Waals surface area (Å²) in [6.07, 6.45) is 2.21. The maximum absolute atomic E-state index is 11.5. The molecule has 3 nitrogen and oxygen atoms in total. The van der Waals surface area contributed by atoms with Crippen molar-refractivity contribution in [1.29, 1.82) is 0 Å². The molecular formula is C12H24N2OS. The Bertz CT molecular complexity index is 246. The van der Waals surface area contributed by atoms with Crippen LogP contribution in [0.5, 0.6) is 0 Å². The van der Waals surface area contributed by atoms with Crippen LogP contribution >= 0.6 is 12.2 Å². The second-order valence-electron chi connectivity index (χ2n) is 5.64. The zero-order valence-corrected chi connectivity index (χ0v) is 11.6. The lowest BCUT2D eigenvalue weighted by atomic mass is 9.84. The molecule has 16 heavy (non-hydrogen) atoms. The van der Waals surface area contributed by atoms with Gasteiger partial charge in [0.1, 0.15) is 0 Å². The van der Waals surface area contributed by atoms with E-state index in [0.29, 0.717) is 30.3 Å². The number of carbonyl (C=O) groups excluding carboxylic acids is 1. The van der Waals surface area contributed by atoms with E-state index in [1.54, 1.807) is 0 Å². The van der Waals surface area contributed by atoms with Gasteiger partial charge >= 0.3 is 0 Å². The van der Waals surface area contributed by atoms with Crippen molar-refractivity contribution in [1.82, 2.24) is 5.32 Å². The van der Waals surface area contributed by atoms with Gasteiger partial charge in [-0.2, -0.15) is 0 Å². The molecule has 0 spiro atoms. The minimum absolute atomic E-state index is 0.0907. The molecule has 1 unspecified atom stereocenters. The van der Waals surface area contributed by atoms with Crippen LogP contribution in [0.15, 0.2) is 0 Å². The third-order valence-electron chi connectivity index (χ3n) is 2.19. The molecule has 1 amide bonds. The van der Waals surface area contributed by atoms with Crippen molar-refractivity contribution >= 4 is 23.1 Å². The number of nitrogens with one attached hydrogen (secondary N) is 1. The van der Waals surface area contributed by atoms with Gasteiger partial charge in [-0.25, -0.2) is 0 Å². The van der Waals surface area contributed by atoms with E-state index in [4.69, 9.17) is 18.0 Å². The number of nitrogens with two attached hydrogens (primary N) is 1. The van der Waals surface area contributed by atoms with Gasteiger partial charge in [-0.15, -0.1) is 0 Å². The molecule has 0 radical (unpaired) electrons. The van der Waals surface area contributed by atoms with Gasteiger partial charge in [0.15, 0.2) is 0 Å². The van der Waals surface area contributed by atoms with Crippen molar-refractivity contribution in [2.24, 2.45) is 17.1 Å². The third-order valence-corrected chi connectivity index (χ3v) is 2.39. The SMILES string of the molecule is CC(CC(=O)NCCC(N)=S)CC(C)(C)C. The van der Waals surface area contributed by atoms with Crippen LogP contribution in [0.2, 0.25) is 0 Å². The van der Waals surface area contributed by atoms with Crippen LogP contribution in [0, 0.1) is 11.3 Å². The van der Waals surface area contributed by atoms with E-state index in [-0.39, 0.29) is 11.3 Å². The molecule has 0 saturated carbocycles. The first-order chi connectivity index (χ1) is 7.20. The van der Waals surface area contributed by atoms with Crippen LogP contribution in [0.1, 0.15) is 47.0 Å². The number of thiocarbonyl (C=S) groups is 1. The molecule has 0 aliphatic heterocycles. The van der Waals surface area contributed by atoms with Crippen molar-refractivity contribution in [3.8, 4) is 0 Å². The zero-order chi connectivity index (χ0) is 12.8. The van der Waals surface area contributed by atoms with Crippen LogP contribution in [-0.2, 0) is 4.79 Å². The summed E-state index contributed by atoms with van der Waals surface area (Å²) in [6, 6.07) is 0. The van der Waals surface area contributed by atoms with Crippen LogP contribution in [0.3, 0.4) is 0 Å². The highest BCUT2D eigenvalue weighted by Gasteiger charge is 2.17. The fourth-order valence-electron chi connectivity index (χ4n) is 1.83. The van der Waals surface area contributed by atoms with Crippen LogP contribution in [-0.4, -0.2) is 17.4 Å². The Balaban J connectivity index is 3.74. The Morgan fingerprint density at radius 1 is 1.44 bits per heavy atom. The van der Waals surface area contributed by atoms with Crippen LogP contribution in [0.25, 0.3) is 0 Å². The topological polar surface area (TPSA) is 55.1 Å². The van der Waals surface area contributed by atoms with Gasteiger partial charge in [0.2, 0.25) is 5.91 Å². The molecule has 0 aliphatic carbocycles. The first-order valence-corrected chi connectivity index (χ1v) is 6.16. The molecular weight excluding hydrogens is 220 g/mol. The smallest absolute Gasteiger partial charge is 0.220 e. The van der Waals surface area contributed by atoms with Gasteiger partial charge in [-0.05, 0) is 17.8 Å². The summed E-state index contributed by atoms with van der Waals surface area (Å²) >= 11 is 4.73. The average molecular weight is 244 g/mol. The predicted octanol–water partition coefficient (Wildman–Crippen LogP) is 2.24. The summed E-state index contributed by atoms with van der Waals surface area (Å²) in [6.45, 7) is 9.23. The van der Waals surface area contributed by atoms with Gasteiger partial charge in [-0.1, -0.05) is 39.9 Å².